The maximum Gasteiger partial charge on any atom is 0.313 e. The van der Waals surface area contributed by atoms with Crippen molar-refractivity contribution in [2.75, 3.05) is 18.5 Å². The predicted molar refractivity (Wildman–Crippen MR) is 75.2 cm³/mol. The van der Waals surface area contributed by atoms with E-state index in [2.05, 4.69) is 5.32 Å². The molecule has 0 amide bonds. The molecule has 1 atom stereocenters. The van der Waals surface area contributed by atoms with Crippen molar-refractivity contribution in [3.63, 3.8) is 0 Å². The first-order chi connectivity index (χ1) is 9.34. The van der Waals surface area contributed by atoms with E-state index in [1.165, 1.54) is 25.7 Å². The van der Waals surface area contributed by atoms with Crippen LogP contribution in [0.4, 0.5) is 5.69 Å². The van der Waals surface area contributed by atoms with Gasteiger partial charge >= 0.3 is 5.97 Å². The number of hydrogen-bond donors (Lipinski definition) is 1. The number of esters is 1. The van der Waals surface area contributed by atoms with Gasteiger partial charge in [-0.15, -0.1) is 0 Å². The number of nitrogens with one attached hydrogen (secondary N) is 1. The molecule has 1 unspecified atom stereocenters. The lowest BCUT2D eigenvalue weighted by atomic mass is 9.91. The van der Waals surface area contributed by atoms with Gasteiger partial charge in [-0.1, -0.05) is 31.0 Å². The van der Waals surface area contributed by atoms with E-state index in [0.29, 0.717) is 12.5 Å². The average molecular weight is 259 g/mol. The predicted octanol–water partition coefficient (Wildman–Crippen LogP) is 3.32. The summed E-state index contributed by atoms with van der Waals surface area (Å²) in [7, 11) is 0. The van der Waals surface area contributed by atoms with Crippen molar-refractivity contribution in [3.05, 3.63) is 29.8 Å². The fourth-order valence-corrected chi connectivity index (χ4v) is 3.19. The monoisotopic (exact) mass is 259 g/mol. The summed E-state index contributed by atoms with van der Waals surface area (Å²) in [6.45, 7) is 1.46. The van der Waals surface area contributed by atoms with Gasteiger partial charge in [-0.2, -0.15) is 0 Å². The Morgan fingerprint density at radius 1 is 1.21 bits per heavy atom. The van der Waals surface area contributed by atoms with Gasteiger partial charge < -0.3 is 10.1 Å². The van der Waals surface area contributed by atoms with Crippen molar-refractivity contribution in [2.45, 2.75) is 38.0 Å². The molecule has 1 heterocycles. The van der Waals surface area contributed by atoms with Gasteiger partial charge in [-0.25, -0.2) is 0 Å². The lowest BCUT2D eigenvalue weighted by Crippen LogP contribution is -2.25. The highest BCUT2D eigenvalue weighted by Gasteiger charge is 2.28. The van der Waals surface area contributed by atoms with Crippen LogP contribution >= 0.6 is 0 Å². The molecule has 0 bridgehead atoms. The van der Waals surface area contributed by atoms with Crippen molar-refractivity contribution in [1.82, 2.24) is 0 Å². The first-order valence-corrected chi connectivity index (χ1v) is 7.34. The minimum absolute atomic E-state index is 0.0409. The fourth-order valence-electron chi connectivity index (χ4n) is 3.19. The van der Waals surface area contributed by atoms with Crippen LogP contribution in [-0.4, -0.2) is 19.1 Å². The van der Waals surface area contributed by atoms with Crippen LogP contribution in [0.1, 0.15) is 43.6 Å². The van der Waals surface area contributed by atoms with Crippen LogP contribution in [0.25, 0.3) is 0 Å². The molecule has 0 spiro atoms. The highest BCUT2D eigenvalue weighted by Crippen LogP contribution is 2.33. The summed E-state index contributed by atoms with van der Waals surface area (Å²) in [6.07, 6.45) is 5.85. The van der Waals surface area contributed by atoms with Gasteiger partial charge in [0.05, 0.1) is 12.5 Å². The third-order valence-electron chi connectivity index (χ3n) is 4.31. The summed E-state index contributed by atoms with van der Waals surface area (Å²) in [4.78, 5) is 12.3. The van der Waals surface area contributed by atoms with E-state index < -0.39 is 0 Å². The lowest BCUT2D eigenvalue weighted by molar-refractivity contribution is -0.147. The molecule has 0 saturated heterocycles. The summed E-state index contributed by atoms with van der Waals surface area (Å²) in [5.74, 6) is 0.473. The third kappa shape index (κ3) is 2.75. The van der Waals surface area contributed by atoms with Gasteiger partial charge in [-0.05, 0) is 36.8 Å². The first-order valence-electron chi connectivity index (χ1n) is 7.34. The second-order valence-electron chi connectivity index (χ2n) is 5.64. The van der Waals surface area contributed by atoms with Crippen LogP contribution in [0.5, 0.6) is 0 Å². The van der Waals surface area contributed by atoms with Crippen molar-refractivity contribution in [1.29, 1.82) is 0 Å². The zero-order valence-corrected chi connectivity index (χ0v) is 11.2. The molecule has 1 aliphatic carbocycles. The third-order valence-corrected chi connectivity index (χ3v) is 4.31. The maximum absolute atomic E-state index is 12.3. The summed E-state index contributed by atoms with van der Waals surface area (Å²) in [5, 5.41) is 3.34. The number of ether oxygens (including phenoxy) is 1. The van der Waals surface area contributed by atoms with Crippen LogP contribution in [0.2, 0.25) is 0 Å². The molecule has 0 aromatic heterocycles. The zero-order chi connectivity index (χ0) is 13.1. The number of fused-ring (bicyclic) bond motifs is 1. The Labute approximate surface area is 114 Å². The zero-order valence-electron chi connectivity index (χ0n) is 11.2. The molecule has 3 nitrogen and oxygen atoms in total. The van der Waals surface area contributed by atoms with E-state index in [9.17, 15) is 4.79 Å². The molecule has 1 N–H and O–H groups in total. The molecule has 1 fully saturated rings. The molecule has 19 heavy (non-hydrogen) atoms. The van der Waals surface area contributed by atoms with Crippen LogP contribution in [0.15, 0.2) is 24.3 Å². The molecule has 1 aromatic rings. The van der Waals surface area contributed by atoms with E-state index in [1.807, 2.05) is 24.3 Å². The maximum atomic E-state index is 12.3. The van der Waals surface area contributed by atoms with Gasteiger partial charge in [0.15, 0.2) is 0 Å². The molecule has 1 saturated carbocycles. The molecule has 0 radical (unpaired) electrons. The minimum Gasteiger partial charge on any atom is -0.465 e. The van der Waals surface area contributed by atoms with Crippen molar-refractivity contribution >= 4 is 11.7 Å². The second-order valence-corrected chi connectivity index (χ2v) is 5.64. The van der Waals surface area contributed by atoms with Crippen LogP contribution in [0.3, 0.4) is 0 Å². The molecular weight excluding hydrogens is 238 g/mol. The number of hydrogen-bond acceptors (Lipinski definition) is 3. The number of benzene rings is 1. The number of anilines is 1. The molecule has 3 heteroatoms. The SMILES string of the molecule is O=C(OCC1CCCC1)C1CCNc2ccccc21. The van der Waals surface area contributed by atoms with Gasteiger partial charge in [0.2, 0.25) is 0 Å². The van der Waals surface area contributed by atoms with E-state index in [1.54, 1.807) is 0 Å². The first kappa shape index (κ1) is 12.5. The van der Waals surface area contributed by atoms with E-state index in [-0.39, 0.29) is 11.9 Å². The summed E-state index contributed by atoms with van der Waals surface area (Å²) in [5.41, 5.74) is 2.17. The number of para-hydroxylation sites is 1. The Kier molecular flexibility index (Phi) is 3.72. The van der Waals surface area contributed by atoms with E-state index >= 15 is 0 Å². The van der Waals surface area contributed by atoms with Gasteiger partial charge in [0.25, 0.3) is 0 Å². The second kappa shape index (κ2) is 5.64. The van der Waals surface area contributed by atoms with Crippen molar-refractivity contribution in [2.24, 2.45) is 5.92 Å². The van der Waals surface area contributed by atoms with Crippen LogP contribution in [0, 0.1) is 5.92 Å². The van der Waals surface area contributed by atoms with E-state index in [4.69, 9.17) is 4.74 Å². The quantitative estimate of drug-likeness (QED) is 0.846. The molecule has 102 valence electrons. The standard InChI is InChI=1S/C16H21NO2/c18-16(19-11-12-5-1-2-6-12)14-9-10-17-15-8-4-3-7-13(14)15/h3-4,7-8,12,14,17H,1-2,5-6,9-11H2. The minimum atomic E-state index is -0.0844. The van der Waals surface area contributed by atoms with Crippen LogP contribution < -0.4 is 5.32 Å². The van der Waals surface area contributed by atoms with Crippen molar-refractivity contribution in [3.8, 4) is 0 Å². The number of rotatable bonds is 3. The highest BCUT2D eigenvalue weighted by molar-refractivity contribution is 5.81. The number of carbonyl (C=O) groups excluding carboxylic acids is 1. The van der Waals surface area contributed by atoms with E-state index in [0.717, 1.165) is 24.2 Å². The normalized spacial score (nSPS) is 22.6. The Balaban J connectivity index is 1.64. The molecule has 2 aliphatic rings. The fraction of sp³-hybridized carbons (Fsp3) is 0.562. The largest absolute Gasteiger partial charge is 0.465 e. The molecule has 1 aliphatic heterocycles. The average Bonchev–Trinajstić information content (AvgIpc) is 2.97. The smallest absolute Gasteiger partial charge is 0.313 e. The topological polar surface area (TPSA) is 38.3 Å². The molecule has 3 rings (SSSR count). The van der Waals surface area contributed by atoms with Crippen LogP contribution in [-0.2, 0) is 9.53 Å². The Morgan fingerprint density at radius 2 is 2.00 bits per heavy atom. The Hall–Kier alpha value is -1.51. The Bertz CT molecular complexity index is 452. The molecular formula is C16H21NO2. The Morgan fingerprint density at radius 3 is 2.84 bits per heavy atom. The summed E-state index contributed by atoms with van der Waals surface area (Å²) >= 11 is 0. The van der Waals surface area contributed by atoms with Gasteiger partial charge in [0, 0.05) is 12.2 Å². The molecule has 1 aromatic carbocycles. The summed E-state index contributed by atoms with van der Waals surface area (Å²) < 4.78 is 5.56. The highest BCUT2D eigenvalue weighted by atomic mass is 16.5. The summed E-state index contributed by atoms with van der Waals surface area (Å²) in [6, 6.07) is 8.05. The van der Waals surface area contributed by atoms with Crippen molar-refractivity contribution < 1.29 is 9.53 Å². The number of carbonyl (C=O) groups is 1. The van der Waals surface area contributed by atoms with Gasteiger partial charge in [-0.3, -0.25) is 4.79 Å². The lowest BCUT2D eigenvalue weighted by Gasteiger charge is -2.25. The van der Waals surface area contributed by atoms with Gasteiger partial charge in [0.1, 0.15) is 0 Å².